The number of rotatable bonds is 12. The molecule has 0 radical (unpaired) electrons. The molecule has 2 aliphatic rings. The quantitative estimate of drug-likeness (QED) is 0.301. The first-order valence-electron chi connectivity index (χ1n) is 13.9. The number of benzene rings is 1. The van der Waals surface area contributed by atoms with E-state index in [2.05, 4.69) is 38.1 Å². The zero-order valence-electron chi connectivity index (χ0n) is 20.3. The second-order valence-electron chi connectivity index (χ2n) is 10.8. The first kappa shape index (κ1) is 23.9. The molecule has 0 aromatic heterocycles. The molecule has 30 heavy (non-hydrogen) atoms. The van der Waals surface area contributed by atoms with Crippen molar-refractivity contribution in [2.45, 2.75) is 141 Å². The van der Waals surface area contributed by atoms with Crippen molar-refractivity contribution in [3.63, 3.8) is 0 Å². The molecule has 0 nitrogen and oxygen atoms in total. The second-order valence-corrected chi connectivity index (χ2v) is 10.8. The van der Waals surface area contributed by atoms with Gasteiger partial charge in [-0.2, -0.15) is 0 Å². The van der Waals surface area contributed by atoms with Crippen LogP contribution < -0.4 is 0 Å². The number of hydrogen-bond acceptors (Lipinski definition) is 0. The summed E-state index contributed by atoms with van der Waals surface area (Å²) in [6.45, 7) is 4.63. The standard InChI is InChI=1S/C30H50/c1-3-5-7-8-10-12-26-15-19-28(20-16-26)30-23-21-29(22-24-30)27-17-13-25(14-18-27)11-9-6-4-2/h21-28H,3-20H2,1-2H3/t25-,26-,27-,28-. The van der Waals surface area contributed by atoms with Crippen molar-refractivity contribution >= 4 is 0 Å². The van der Waals surface area contributed by atoms with Crippen molar-refractivity contribution in [2.75, 3.05) is 0 Å². The largest absolute Gasteiger partial charge is 0.0654 e. The monoisotopic (exact) mass is 410 g/mol. The Morgan fingerprint density at radius 3 is 1.30 bits per heavy atom. The zero-order valence-corrected chi connectivity index (χ0v) is 20.3. The lowest BCUT2D eigenvalue weighted by atomic mass is 9.75. The molecule has 1 aromatic carbocycles. The molecule has 0 aliphatic heterocycles. The Morgan fingerprint density at radius 1 is 0.500 bits per heavy atom. The Hall–Kier alpha value is -0.780. The van der Waals surface area contributed by atoms with Crippen LogP contribution in [0.5, 0.6) is 0 Å². The van der Waals surface area contributed by atoms with Crippen molar-refractivity contribution in [2.24, 2.45) is 11.8 Å². The maximum absolute atomic E-state index is 2.50. The van der Waals surface area contributed by atoms with E-state index in [0.29, 0.717) is 0 Å². The summed E-state index contributed by atoms with van der Waals surface area (Å²) in [6.07, 6.45) is 26.1. The molecule has 2 saturated carbocycles. The van der Waals surface area contributed by atoms with Crippen LogP contribution in [0.4, 0.5) is 0 Å². The van der Waals surface area contributed by atoms with E-state index in [0.717, 1.165) is 23.7 Å². The molecule has 0 N–H and O–H groups in total. The molecule has 0 amide bonds. The van der Waals surface area contributed by atoms with E-state index in [4.69, 9.17) is 0 Å². The molecule has 2 fully saturated rings. The van der Waals surface area contributed by atoms with Gasteiger partial charge in [-0.25, -0.2) is 0 Å². The summed E-state index contributed by atoms with van der Waals surface area (Å²) in [6, 6.07) is 9.99. The highest BCUT2D eigenvalue weighted by Crippen LogP contribution is 2.40. The molecule has 0 heteroatoms. The third-order valence-electron chi connectivity index (χ3n) is 8.50. The average Bonchev–Trinajstić information content (AvgIpc) is 2.80. The van der Waals surface area contributed by atoms with Crippen molar-refractivity contribution in [3.8, 4) is 0 Å². The molecule has 0 unspecified atom stereocenters. The van der Waals surface area contributed by atoms with E-state index in [9.17, 15) is 0 Å². The van der Waals surface area contributed by atoms with Crippen molar-refractivity contribution in [3.05, 3.63) is 35.4 Å². The zero-order chi connectivity index (χ0) is 21.0. The van der Waals surface area contributed by atoms with Crippen LogP contribution in [0.15, 0.2) is 24.3 Å². The summed E-state index contributed by atoms with van der Waals surface area (Å²) in [5.74, 6) is 3.72. The van der Waals surface area contributed by atoms with Crippen molar-refractivity contribution in [1.29, 1.82) is 0 Å². The summed E-state index contributed by atoms with van der Waals surface area (Å²) < 4.78 is 0. The van der Waals surface area contributed by atoms with Crippen LogP contribution in [0.2, 0.25) is 0 Å². The Bertz CT molecular complexity index is 540. The third kappa shape index (κ3) is 7.72. The fourth-order valence-corrected chi connectivity index (χ4v) is 6.33. The Labute approximate surface area is 188 Å². The minimum atomic E-state index is 0.838. The van der Waals surface area contributed by atoms with Crippen molar-refractivity contribution < 1.29 is 0 Å². The van der Waals surface area contributed by atoms with Gasteiger partial charge in [0.1, 0.15) is 0 Å². The van der Waals surface area contributed by atoms with Gasteiger partial charge in [0.05, 0.1) is 0 Å². The van der Waals surface area contributed by atoms with Gasteiger partial charge in [-0.05, 0) is 86.2 Å². The smallest absolute Gasteiger partial charge is 0.0162 e. The Morgan fingerprint density at radius 2 is 0.867 bits per heavy atom. The summed E-state index contributed by atoms with van der Waals surface area (Å²) >= 11 is 0. The highest BCUT2D eigenvalue weighted by atomic mass is 14.3. The lowest BCUT2D eigenvalue weighted by Gasteiger charge is -2.30. The van der Waals surface area contributed by atoms with Gasteiger partial charge in [0.2, 0.25) is 0 Å². The van der Waals surface area contributed by atoms with Gasteiger partial charge in [0.15, 0.2) is 0 Å². The summed E-state index contributed by atoms with van der Waals surface area (Å²) in [5.41, 5.74) is 3.26. The summed E-state index contributed by atoms with van der Waals surface area (Å²) in [5, 5.41) is 0. The Balaban J connectivity index is 1.36. The molecule has 2 aliphatic carbocycles. The molecule has 0 atom stereocenters. The summed E-state index contributed by atoms with van der Waals surface area (Å²) in [4.78, 5) is 0. The molecule has 1 aromatic rings. The van der Waals surface area contributed by atoms with Gasteiger partial charge in [-0.1, -0.05) is 102 Å². The first-order valence-corrected chi connectivity index (χ1v) is 13.9. The first-order chi connectivity index (χ1) is 14.8. The van der Waals surface area contributed by atoms with Crippen LogP contribution >= 0.6 is 0 Å². The number of hydrogen-bond donors (Lipinski definition) is 0. The maximum Gasteiger partial charge on any atom is -0.0162 e. The van der Waals surface area contributed by atoms with Crippen LogP contribution in [0.3, 0.4) is 0 Å². The van der Waals surface area contributed by atoms with Gasteiger partial charge in [-0.15, -0.1) is 0 Å². The van der Waals surface area contributed by atoms with Crippen LogP contribution in [0.1, 0.15) is 152 Å². The van der Waals surface area contributed by atoms with E-state index in [1.165, 1.54) is 116 Å². The SMILES string of the molecule is CCCCCCC[C@H]1CC[C@H](c2ccc([C@H]3CC[C@H](CCCCC)CC3)cc2)CC1. The van der Waals surface area contributed by atoms with Crippen LogP contribution in [0, 0.1) is 11.8 Å². The normalized spacial score (nSPS) is 27.3. The predicted molar refractivity (Wildman–Crippen MR) is 133 cm³/mol. The predicted octanol–water partition coefficient (Wildman–Crippen LogP) is 10.2. The van der Waals surface area contributed by atoms with Crippen LogP contribution in [-0.2, 0) is 0 Å². The lowest BCUT2D eigenvalue weighted by molar-refractivity contribution is 0.300. The second kappa shape index (κ2) is 13.6. The summed E-state index contributed by atoms with van der Waals surface area (Å²) in [7, 11) is 0. The number of unbranched alkanes of at least 4 members (excludes halogenated alkanes) is 6. The average molecular weight is 411 g/mol. The molecule has 0 saturated heterocycles. The van der Waals surface area contributed by atoms with Gasteiger partial charge in [0.25, 0.3) is 0 Å². The van der Waals surface area contributed by atoms with E-state index < -0.39 is 0 Å². The highest BCUT2D eigenvalue weighted by molar-refractivity contribution is 5.28. The highest BCUT2D eigenvalue weighted by Gasteiger charge is 2.24. The Kier molecular flexibility index (Phi) is 10.8. The van der Waals surface area contributed by atoms with E-state index in [1.807, 2.05) is 0 Å². The van der Waals surface area contributed by atoms with Gasteiger partial charge in [0, 0.05) is 0 Å². The van der Waals surface area contributed by atoms with Gasteiger partial charge in [-0.3, -0.25) is 0 Å². The van der Waals surface area contributed by atoms with Gasteiger partial charge >= 0.3 is 0 Å². The molecular weight excluding hydrogens is 360 g/mol. The molecule has 3 rings (SSSR count). The van der Waals surface area contributed by atoms with E-state index in [1.54, 1.807) is 11.1 Å². The van der Waals surface area contributed by atoms with Crippen LogP contribution in [-0.4, -0.2) is 0 Å². The van der Waals surface area contributed by atoms with Gasteiger partial charge < -0.3 is 0 Å². The maximum atomic E-state index is 2.50. The molecular formula is C30H50. The minimum absolute atomic E-state index is 0.838. The van der Waals surface area contributed by atoms with E-state index >= 15 is 0 Å². The van der Waals surface area contributed by atoms with Crippen LogP contribution in [0.25, 0.3) is 0 Å². The third-order valence-corrected chi connectivity index (χ3v) is 8.50. The molecule has 0 heterocycles. The topological polar surface area (TPSA) is 0 Å². The molecule has 0 bridgehead atoms. The lowest BCUT2D eigenvalue weighted by Crippen LogP contribution is -2.14. The fraction of sp³-hybridized carbons (Fsp3) is 0.800. The minimum Gasteiger partial charge on any atom is -0.0654 e. The molecule has 170 valence electrons. The fourth-order valence-electron chi connectivity index (χ4n) is 6.33. The van der Waals surface area contributed by atoms with E-state index in [-0.39, 0.29) is 0 Å². The van der Waals surface area contributed by atoms with Crippen molar-refractivity contribution in [1.82, 2.24) is 0 Å². The molecule has 0 spiro atoms.